The van der Waals surface area contributed by atoms with Crippen LogP contribution in [0.1, 0.15) is 42.7 Å². The minimum atomic E-state index is -0.255. The molecule has 0 saturated heterocycles. The van der Waals surface area contributed by atoms with E-state index in [0.29, 0.717) is 13.1 Å². The topological polar surface area (TPSA) is 64.7 Å². The van der Waals surface area contributed by atoms with Gasteiger partial charge in [-0.25, -0.2) is 4.98 Å². The molecule has 6 heteroatoms. The van der Waals surface area contributed by atoms with E-state index in [1.807, 2.05) is 36.2 Å². The van der Waals surface area contributed by atoms with Crippen LogP contribution in [0, 0.1) is 20.8 Å². The van der Waals surface area contributed by atoms with Crippen molar-refractivity contribution in [2.45, 2.75) is 53.6 Å². The summed E-state index contributed by atoms with van der Waals surface area (Å²) < 4.78 is 3.84. The second-order valence-corrected chi connectivity index (χ2v) is 5.57. The molecule has 1 N–H and O–H groups in total. The van der Waals surface area contributed by atoms with Crippen molar-refractivity contribution in [3.8, 4) is 0 Å². The molecule has 0 saturated carbocycles. The molecule has 2 aromatic heterocycles. The molecule has 0 radical (unpaired) electrons. The smallest absolute Gasteiger partial charge is 0.242 e. The zero-order valence-electron chi connectivity index (χ0n) is 14.1. The van der Waals surface area contributed by atoms with Gasteiger partial charge in [0.25, 0.3) is 0 Å². The van der Waals surface area contributed by atoms with Crippen molar-refractivity contribution in [1.29, 1.82) is 0 Å². The van der Waals surface area contributed by atoms with Gasteiger partial charge in [0.15, 0.2) is 0 Å². The van der Waals surface area contributed by atoms with Gasteiger partial charge in [-0.05, 0) is 39.7 Å². The third-order valence-corrected chi connectivity index (χ3v) is 4.17. The summed E-state index contributed by atoms with van der Waals surface area (Å²) in [6.45, 7) is 11.3. The first-order valence-corrected chi connectivity index (χ1v) is 7.75. The van der Waals surface area contributed by atoms with E-state index in [1.54, 1.807) is 6.20 Å². The van der Waals surface area contributed by atoms with Crippen molar-refractivity contribution in [2.24, 2.45) is 0 Å². The quantitative estimate of drug-likeness (QED) is 0.887. The summed E-state index contributed by atoms with van der Waals surface area (Å²) in [5.41, 5.74) is 3.57. The molecule has 0 aromatic carbocycles. The van der Waals surface area contributed by atoms with E-state index in [1.165, 1.54) is 11.3 Å². The highest BCUT2D eigenvalue weighted by Gasteiger charge is 2.16. The zero-order valence-corrected chi connectivity index (χ0v) is 14.1. The summed E-state index contributed by atoms with van der Waals surface area (Å²) in [7, 11) is 0. The molecule has 0 aliphatic heterocycles. The summed E-state index contributed by atoms with van der Waals surface area (Å²) in [4.78, 5) is 16.4. The SMILES string of the molecule is CCc1c(C)nn(CCNC(=O)C(C)n2ccnc2C)c1C. The van der Waals surface area contributed by atoms with Crippen molar-refractivity contribution < 1.29 is 4.79 Å². The lowest BCUT2D eigenvalue weighted by atomic mass is 10.1. The highest BCUT2D eigenvalue weighted by molar-refractivity contribution is 5.79. The minimum absolute atomic E-state index is 0.00153. The Balaban J connectivity index is 1.91. The third kappa shape index (κ3) is 3.21. The van der Waals surface area contributed by atoms with Gasteiger partial charge in [0.05, 0.1) is 12.2 Å². The summed E-state index contributed by atoms with van der Waals surface area (Å²) in [5.74, 6) is 0.840. The normalized spacial score (nSPS) is 12.4. The van der Waals surface area contributed by atoms with Crippen molar-refractivity contribution in [3.63, 3.8) is 0 Å². The molecule has 2 heterocycles. The van der Waals surface area contributed by atoms with Gasteiger partial charge in [-0.2, -0.15) is 5.10 Å². The monoisotopic (exact) mass is 303 g/mol. The molecule has 2 aromatic rings. The van der Waals surface area contributed by atoms with Gasteiger partial charge in [0.1, 0.15) is 11.9 Å². The van der Waals surface area contributed by atoms with Gasteiger partial charge >= 0.3 is 0 Å². The highest BCUT2D eigenvalue weighted by Crippen LogP contribution is 2.13. The Morgan fingerprint density at radius 2 is 2.09 bits per heavy atom. The molecule has 0 spiro atoms. The Hall–Kier alpha value is -2.11. The Kier molecular flexibility index (Phi) is 5.00. The van der Waals surface area contributed by atoms with Crippen molar-refractivity contribution in [2.75, 3.05) is 6.54 Å². The van der Waals surface area contributed by atoms with Gasteiger partial charge in [-0.3, -0.25) is 9.48 Å². The maximum absolute atomic E-state index is 12.2. The number of nitrogens with one attached hydrogen (secondary N) is 1. The number of hydrogen-bond acceptors (Lipinski definition) is 3. The van der Waals surface area contributed by atoms with Gasteiger partial charge < -0.3 is 9.88 Å². The van der Waals surface area contributed by atoms with Gasteiger partial charge in [0, 0.05) is 24.6 Å². The molecule has 0 aliphatic rings. The first-order valence-electron chi connectivity index (χ1n) is 7.75. The molecule has 2 rings (SSSR count). The third-order valence-electron chi connectivity index (χ3n) is 4.17. The molecule has 1 atom stereocenters. The number of aryl methyl sites for hydroxylation is 2. The van der Waals surface area contributed by atoms with Crippen LogP contribution in [0.4, 0.5) is 0 Å². The van der Waals surface area contributed by atoms with Gasteiger partial charge in [-0.1, -0.05) is 6.92 Å². The van der Waals surface area contributed by atoms with E-state index in [9.17, 15) is 4.79 Å². The number of hydrogen-bond donors (Lipinski definition) is 1. The number of amides is 1. The second-order valence-electron chi connectivity index (χ2n) is 5.57. The van der Waals surface area contributed by atoms with Gasteiger partial charge in [-0.15, -0.1) is 0 Å². The van der Waals surface area contributed by atoms with E-state index in [-0.39, 0.29) is 11.9 Å². The minimum Gasteiger partial charge on any atom is -0.352 e. The Labute approximate surface area is 131 Å². The maximum Gasteiger partial charge on any atom is 0.242 e. The summed E-state index contributed by atoms with van der Waals surface area (Å²) in [5, 5.41) is 7.51. The molecule has 0 aliphatic carbocycles. The molecule has 0 bridgehead atoms. The zero-order chi connectivity index (χ0) is 16.3. The van der Waals surface area contributed by atoms with Crippen molar-refractivity contribution >= 4 is 5.91 Å². The highest BCUT2D eigenvalue weighted by atomic mass is 16.2. The lowest BCUT2D eigenvalue weighted by Crippen LogP contribution is -2.33. The number of rotatable bonds is 6. The Morgan fingerprint density at radius 3 is 2.64 bits per heavy atom. The molecule has 120 valence electrons. The van der Waals surface area contributed by atoms with Crippen molar-refractivity contribution in [3.05, 3.63) is 35.2 Å². The molecule has 22 heavy (non-hydrogen) atoms. The van der Waals surface area contributed by atoms with E-state index < -0.39 is 0 Å². The van der Waals surface area contributed by atoms with Crippen LogP contribution in [0.3, 0.4) is 0 Å². The van der Waals surface area contributed by atoms with E-state index in [4.69, 9.17) is 0 Å². The summed E-state index contributed by atoms with van der Waals surface area (Å²) >= 11 is 0. The summed E-state index contributed by atoms with van der Waals surface area (Å²) in [6, 6.07) is -0.255. The fourth-order valence-corrected chi connectivity index (χ4v) is 2.82. The maximum atomic E-state index is 12.2. The molecular formula is C16H25N5O. The molecular weight excluding hydrogens is 278 g/mol. The predicted molar refractivity (Wildman–Crippen MR) is 85.8 cm³/mol. The largest absolute Gasteiger partial charge is 0.352 e. The van der Waals surface area contributed by atoms with Crippen LogP contribution >= 0.6 is 0 Å². The van der Waals surface area contributed by atoms with Crippen LogP contribution in [0.25, 0.3) is 0 Å². The second kappa shape index (κ2) is 6.77. The standard InChI is InChI=1S/C16H25N5O/c1-6-15-11(2)19-21(12(15)3)10-8-18-16(22)13(4)20-9-7-17-14(20)5/h7,9,13H,6,8,10H2,1-5H3,(H,18,22). The molecule has 1 unspecified atom stereocenters. The van der Waals surface area contributed by atoms with Crippen LogP contribution in [0.5, 0.6) is 0 Å². The lowest BCUT2D eigenvalue weighted by Gasteiger charge is -2.15. The van der Waals surface area contributed by atoms with E-state index >= 15 is 0 Å². The first-order chi connectivity index (χ1) is 10.5. The lowest BCUT2D eigenvalue weighted by molar-refractivity contribution is -0.123. The van der Waals surface area contributed by atoms with E-state index in [0.717, 1.165) is 17.9 Å². The first kappa shape index (κ1) is 16.3. The average Bonchev–Trinajstić information content (AvgIpc) is 3.02. The van der Waals surface area contributed by atoms with Crippen LogP contribution < -0.4 is 5.32 Å². The molecule has 0 fully saturated rings. The van der Waals surface area contributed by atoms with Crippen LogP contribution in [-0.4, -0.2) is 31.8 Å². The predicted octanol–water partition coefficient (Wildman–Crippen LogP) is 1.94. The average molecular weight is 303 g/mol. The van der Waals surface area contributed by atoms with Crippen LogP contribution in [0.15, 0.2) is 12.4 Å². The Bertz CT molecular complexity index is 656. The number of carbonyl (C=O) groups excluding carboxylic acids is 1. The van der Waals surface area contributed by atoms with Gasteiger partial charge in [0.2, 0.25) is 5.91 Å². The fourth-order valence-electron chi connectivity index (χ4n) is 2.82. The molecule has 1 amide bonds. The number of imidazole rings is 1. The summed E-state index contributed by atoms with van der Waals surface area (Å²) in [6.07, 6.45) is 4.52. The van der Waals surface area contributed by atoms with Crippen LogP contribution in [0.2, 0.25) is 0 Å². The molecule has 6 nitrogen and oxygen atoms in total. The van der Waals surface area contributed by atoms with Crippen LogP contribution in [-0.2, 0) is 17.8 Å². The Morgan fingerprint density at radius 1 is 1.36 bits per heavy atom. The number of aromatic nitrogens is 4. The fraction of sp³-hybridized carbons (Fsp3) is 0.562. The van der Waals surface area contributed by atoms with Crippen molar-refractivity contribution in [1.82, 2.24) is 24.6 Å². The number of carbonyl (C=O) groups is 1. The number of nitrogens with zero attached hydrogens (tertiary/aromatic N) is 4. The van der Waals surface area contributed by atoms with E-state index in [2.05, 4.69) is 29.2 Å².